The van der Waals surface area contributed by atoms with Gasteiger partial charge in [-0.1, -0.05) is 24.3 Å². The Morgan fingerprint density at radius 2 is 2.00 bits per heavy atom. The molecule has 0 amide bonds. The Hall–Kier alpha value is -1.77. The van der Waals surface area contributed by atoms with Crippen molar-refractivity contribution in [2.45, 2.75) is 19.9 Å². The number of imidazole rings is 1. The van der Waals surface area contributed by atoms with Crippen LogP contribution in [-0.2, 0) is 13.0 Å². The molecule has 0 saturated carbocycles. The van der Waals surface area contributed by atoms with Crippen LogP contribution < -0.4 is 4.90 Å². The van der Waals surface area contributed by atoms with Crippen molar-refractivity contribution in [2.24, 2.45) is 0 Å². The first-order valence-electron chi connectivity index (χ1n) is 6.01. The highest BCUT2D eigenvalue weighted by molar-refractivity contribution is 5.67. The molecule has 0 N–H and O–H groups in total. The van der Waals surface area contributed by atoms with E-state index in [-0.39, 0.29) is 0 Å². The van der Waals surface area contributed by atoms with Crippen molar-refractivity contribution < 1.29 is 0 Å². The first kappa shape index (κ1) is 10.4. The zero-order valence-corrected chi connectivity index (χ0v) is 10.6. The lowest BCUT2D eigenvalue weighted by molar-refractivity contribution is 0.678. The van der Waals surface area contributed by atoms with Crippen LogP contribution >= 0.6 is 0 Å². The van der Waals surface area contributed by atoms with E-state index in [4.69, 9.17) is 4.98 Å². The van der Waals surface area contributed by atoms with E-state index in [0.717, 1.165) is 24.5 Å². The van der Waals surface area contributed by atoms with Crippen LogP contribution in [0.25, 0.3) is 11.4 Å². The standard InChI is InChI=1S/C14H17N3/c1-10-14(16(2)3)17-9-8-11-6-4-5-7-12(11)13(17)15-10/h4-7H,8-9H2,1-3H3. The SMILES string of the molecule is Cc1nc2n(c1N(C)C)CCc1ccccc1-2. The Labute approximate surface area is 102 Å². The highest BCUT2D eigenvalue weighted by Crippen LogP contribution is 2.33. The number of aryl methyl sites for hydroxylation is 2. The second-order valence-electron chi connectivity index (χ2n) is 4.80. The third kappa shape index (κ3) is 1.46. The minimum atomic E-state index is 1.03. The molecule has 0 radical (unpaired) electrons. The molecule has 3 heteroatoms. The molecule has 2 heterocycles. The monoisotopic (exact) mass is 227 g/mol. The maximum absolute atomic E-state index is 4.74. The van der Waals surface area contributed by atoms with Crippen LogP contribution in [0, 0.1) is 6.92 Å². The summed E-state index contributed by atoms with van der Waals surface area (Å²) in [5.41, 5.74) is 3.81. The van der Waals surface area contributed by atoms with E-state index in [1.54, 1.807) is 0 Å². The molecule has 0 unspecified atom stereocenters. The molecule has 88 valence electrons. The summed E-state index contributed by atoms with van der Waals surface area (Å²) in [5, 5.41) is 0. The van der Waals surface area contributed by atoms with E-state index in [9.17, 15) is 0 Å². The van der Waals surface area contributed by atoms with Crippen LogP contribution in [0.3, 0.4) is 0 Å². The van der Waals surface area contributed by atoms with E-state index in [1.165, 1.54) is 16.9 Å². The van der Waals surface area contributed by atoms with Gasteiger partial charge in [0.25, 0.3) is 0 Å². The van der Waals surface area contributed by atoms with Crippen LogP contribution in [0.5, 0.6) is 0 Å². The van der Waals surface area contributed by atoms with Crippen LogP contribution in [-0.4, -0.2) is 23.6 Å². The van der Waals surface area contributed by atoms with Gasteiger partial charge in [0, 0.05) is 26.2 Å². The van der Waals surface area contributed by atoms with Gasteiger partial charge in [0.05, 0.1) is 5.69 Å². The highest BCUT2D eigenvalue weighted by Gasteiger charge is 2.22. The first-order valence-corrected chi connectivity index (χ1v) is 6.01. The molecular formula is C14H17N3. The van der Waals surface area contributed by atoms with Gasteiger partial charge in [-0.05, 0) is 18.9 Å². The molecule has 2 aromatic rings. The van der Waals surface area contributed by atoms with Gasteiger partial charge in [0.15, 0.2) is 0 Å². The quantitative estimate of drug-likeness (QED) is 0.746. The van der Waals surface area contributed by atoms with Crippen molar-refractivity contribution in [1.82, 2.24) is 9.55 Å². The Kier molecular flexibility index (Phi) is 2.21. The fourth-order valence-corrected chi connectivity index (χ4v) is 2.74. The maximum atomic E-state index is 4.74. The van der Waals surface area contributed by atoms with E-state index in [0.29, 0.717) is 0 Å². The van der Waals surface area contributed by atoms with E-state index in [1.807, 2.05) is 0 Å². The summed E-state index contributed by atoms with van der Waals surface area (Å²) in [5.74, 6) is 2.35. The third-order valence-corrected chi connectivity index (χ3v) is 3.40. The summed E-state index contributed by atoms with van der Waals surface area (Å²) in [6, 6.07) is 8.58. The smallest absolute Gasteiger partial charge is 0.142 e. The number of anilines is 1. The normalized spacial score (nSPS) is 13.1. The van der Waals surface area contributed by atoms with Gasteiger partial charge in [-0.3, -0.25) is 0 Å². The molecule has 0 spiro atoms. The molecule has 0 bridgehead atoms. The van der Waals surface area contributed by atoms with Gasteiger partial charge < -0.3 is 9.47 Å². The summed E-state index contributed by atoms with van der Waals surface area (Å²) < 4.78 is 2.33. The lowest BCUT2D eigenvalue weighted by Gasteiger charge is -2.22. The number of fused-ring (bicyclic) bond motifs is 3. The second kappa shape index (κ2) is 3.62. The topological polar surface area (TPSA) is 21.1 Å². The van der Waals surface area contributed by atoms with Gasteiger partial charge in [0.1, 0.15) is 11.6 Å². The summed E-state index contributed by atoms with van der Waals surface area (Å²) >= 11 is 0. The van der Waals surface area contributed by atoms with Crippen molar-refractivity contribution >= 4 is 5.82 Å². The lowest BCUT2D eigenvalue weighted by Crippen LogP contribution is -2.18. The Balaban J connectivity index is 2.25. The molecule has 0 fully saturated rings. The first-order chi connectivity index (χ1) is 8.18. The minimum Gasteiger partial charge on any atom is -0.363 e. The van der Waals surface area contributed by atoms with Gasteiger partial charge in [0.2, 0.25) is 0 Å². The molecule has 3 rings (SSSR count). The molecule has 0 aliphatic carbocycles. The third-order valence-electron chi connectivity index (χ3n) is 3.40. The molecule has 17 heavy (non-hydrogen) atoms. The van der Waals surface area contributed by atoms with Crippen molar-refractivity contribution in [3.8, 4) is 11.4 Å². The number of benzene rings is 1. The highest BCUT2D eigenvalue weighted by atomic mass is 15.3. The zero-order valence-electron chi connectivity index (χ0n) is 10.6. The number of hydrogen-bond acceptors (Lipinski definition) is 2. The lowest BCUT2D eigenvalue weighted by atomic mass is 10.0. The van der Waals surface area contributed by atoms with Crippen LogP contribution in [0.15, 0.2) is 24.3 Å². The fourth-order valence-electron chi connectivity index (χ4n) is 2.74. The number of hydrogen-bond donors (Lipinski definition) is 0. The molecule has 1 aromatic carbocycles. The van der Waals surface area contributed by atoms with E-state index >= 15 is 0 Å². The Morgan fingerprint density at radius 1 is 1.24 bits per heavy atom. The second-order valence-corrected chi connectivity index (χ2v) is 4.80. The summed E-state index contributed by atoms with van der Waals surface area (Å²) in [6.45, 7) is 3.12. The predicted octanol–water partition coefficient (Wildman–Crippen LogP) is 2.48. The molecule has 3 nitrogen and oxygen atoms in total. The molecule has 0 saturated heterocycles. The number of nitrogens with zero attached hydrogens (tertiary/aromatic N) is 3. The minimum absolute atomic E-state index is 1.03. The Bertz CT molecular complexity index is 567. The number of aromatic nitrogens is 2. The van der Waals surface area contributed by atoms with Crippen LogP contribution in [0.4, 0.5) is 5.82 Å². The molecular weight excluding hydrogens is 210 g/mol. The number of rotatable bonds is 1. The largest absolute Gasteiger partial charge is 0.363 e. The van der Waals surface area contributed by atoms with Crippen molar-refractivity contribution in [3.05, 3.63) is 35.5 Å². The van der Waals surface area contributed by atoms with E-state index in [2.05, 4.69) is 54.8 Å². The van der Waals surface area contributed by atoms with E-state index < -0.39 is 0 Å². The molecule has 1 aliphatic rings. The zero-order chi connectivity index (χ0) is 12.0. The van der Waals surface area contributed by atoms with Gasteiger partial charge in [-0.2, -0.15) is 0 Å². The van der Waals surface area contributed by atoms with Crippen molar-refractivity contribution in [1.29, 1.82) is 0 Å². The summed E-state index contributed by atoms with van der Waals surface area (Å²) in [6.07, 6.45) is 1.10. The summed E-state index contributed by atoms with van der Waals surface area (Å²) in [4.78, 5) is 6.89. The van der Waals surface area contributed by atoms with Crippen molar-refractivity contribution in [3.63, 3.8) is 0 Å². The van der Waals surface area contributed by atoms with Gasteiger partial charge >= 0.3 is 0 Å². The molecule has 0 atom stereocenters. The average molecular weight is 227 g/mol. The van der Waals surface area contributed by atoms with Crippen LogP contribution in [0.1, 0.15) is 11.3 Å². The predicted molar refractivity (Wildman–Crippen MR) is 70.4 cm³/mol. The molecule has 1 aliphatic heterocycles. The molecule has 1 aromatic heterocycles. The fraction of sp³-hybridized carbons (Fsp3) is 0.357. The summed E-state index contributed by atoms with van der Waals surface area (Å²) in [7, 11) is 4.16. The van der Waals surface area contributed by atoms with Crippen LogP contribution in [0.2, 0.25) is 0 Å². The van der Waals surface area contributed by atoms with Gasteiger partial charge in [-0.25, -0.2) is 4.98 Å². The average Bonchev–Trinajstić information content (AvgIpc) is 2.65. The van der Waals surface area contributed by atoms with Crippen molar-refractivity contribution in [2.75, 3.05) is 19.0 Å². The Morgan fingerprint density at radius 3 is 2.76 bits per heavy atom. The maximum Gasteiger partial charge on any atom is 0.142 e. The van der Waals surface area contributed by atoms with Gasteiger partial charge in [-0.15, -0.1) is 0 Å².